The van der Waals surface area contributed by atoms with Crippen LogP contribution >= 0.6 is 11.3 Å². The molecule has 2 N–H and O–H groups in total. The molecule has 0 radical (unpaired) electrons. The molecule has 1 heterocycles. The molecule has 166 valence electrons. The summed E-state index contributed by atoms with van der Waals surface area (Å²) in [5, 5.41) is 6.02. The largest absolute Gasteiger partial charge is 0.323 e. The highest BCUT2D eigenvalue weighted by Crippen LogP contribution is 2.30. The van der Waals surface area contributed by atoms with Crippen LogP contribution in [0.4, 0.5) is 20.2 Å². The number of nitrogens with one attached hydrogen (secondary N) is 2. The van der Waals surface area contributed by atoms with Crippen LogP contribution in [0, 0.1) is 24.5 Å². The maximum absolute atomic E-state index is 14.3. The molecular weight excluding hydrogens is 432 g/mol. The number of halogens is 2. The minimum absolute atomic E-state index is 0.0476. The molecule has 0 atom stereocenters. The van der Waals surface area contributed by atoms with Gasteiger partial charge in [0.1, 0.15) is 21.5 Å². The highest BCUT2D eigenvalue weighted by molar-refractivity contribution is 7.17. The van der Waals surface area contributed by atoms with Crippen molar-refractivity contribution in [2.75, 3.05) is 10.6 Å². The summed E-state index contributed by atoms with van der Waals surface area (Å²) in [6.07, 6.45) is 4.75. The molecule has 1 fully saturated rings. The smallest absolute Gasteiger partial charge is 0.267 e. The van der Waals surface area contributed by atoms with Gasteiger partial charge >= 0.3 is 0 Å². The number of aromatic nitrogens is 1. The zero-order valence-corrected chi connectivity index (χ0v) is 18.4. The number of hydrogen-bond donors (Lipinski definition) is 2. The molecule has 1 aromatic heterocycles. The first-order valence-corrected chi connectivity index (χ1v) is 11.4. The van der Waals surface area contributed by atoms with Gasteiger partial charge in [-0.05, 0) is 62.2 Å². The van der Waals surface area contributed by atoms with E-state index in [1.165, 1.54) is 41.7 Å². The second-order valence-electron chi connectivity index (χ2n) is 7.91. The van der Waals surface area contributed by atoms with Crippen molar-refractivity contribution in [3.8, 4) is 10.6 Å². The van der Waals surface area contributed by atoms with Gasteiger partial charge in [-0.2, -0.15) is 0 Å². The molecule has 1 aliphatic rings. The van der Waals surface area contributed by atoms with E-state index in [1.807, 2.05) is 0 Å². The molecular formula is C24H23F2N3O2S. The Labute approximate surface area is 188 Å². The summed E-state index contributed by atoms with van der Waals surface area (Å²) in [6, 6.07) is 9.98. The monoisotopic (exact) mass is 455 g/mol. The minimum atomic E-state index is -0.556. The molecule has 2 amide bonds. The van der Waals surface area contributed by atoms with Crippen LogP contribution in [0.3, 0.4) is 0 Å². The molecule has 0 saturated heterocycles. The summed E-state index contributed by atoms with van der Waals surface area (Å²) in [5.74, 6) is -1.58. The summed E-state index contributed by atoms with van der Waals surface area (Å²) in [5.41, 5.74) is 1.67. The highest BCUT2D eigenvalue weighted by atomic mass is 32.1. The standard InChI is InChI=1S/C24H23F2N3O2S/c1-14-21(32-24(27-14)16-7-9-17(25)10-8-16)23(31)28-18-11-12-19(26)20(13-18)29-22(30)15-5-3-2-4-6-15/h7-13,15H,2-6H2,1H3,(H,28,31)(H,29,30). The van der Waals surface area contributed by atoms with E-state index in [2.05, 4.69) is 15.6 Å². The lowest BCUT2D eigenvalue weighted by atomic mass is 9.88. The van der Waals surface area contributed by atoms with E-state index in [1.54, 1.807) is 19.1 Å². The fourth-order valence-corrected chi connectivity index (χ4v) is 4.78. The normalized spacial score (nSPS) is 14.2. The van der Waals surface area contributed by atoms with Gasteiger partial charge in [0.25, 0.3) is 5.91 Å². The second kappa shape index (κ2) is 9.56. The summed E-state index contributed by atoms with van der Waals surface area (Å²) in [6.45, 7) is 1.72. The Hall–Kier alpha value is -3.13. The van der Waals surface area contributed by atoms with E-state index in [0.717, 1.165) is 32.1 Å². The summed E-state index contributed by atoms with van der Waals surface area (Å²) >= 11 is 1.19. The molecule has 32 heavy (non-hydrogen) atoms. The first kappa shape index (κ1) is 22.1. The summed E-state index contributed by atoms with van der Waals surface area (Å²) < 4.78 is 27.4. The molecule has 0 spiro atoms. The number of carbonyl (C=O) groups is 2. The number of carbonyl (C=O) groups excluding carboxylic acids is 2. The fourth-order valence-electron chi connectivity index (χ4n) is 3.81. The van der Waals surface area contributed by atoms with E-state index < -0.39 is 5.82 Å². The molecule has 3 aromatic rings. The first-order valence-electron chi connectivity index (χ1n) is 10.6. The van der Waals surface area contributed by atoms with Crippen LogP contribution in [-0.4, -0.2) is 16.8 Å². The van der Waals surface area contributed by atoms with Gasteiger partial charge in [0, 0.05) is 17.2 Å². The van der Waals surface area contributed by atoms with Crippen LogP contribution in [0.5, 0.6) is 0 Å². The molecule has 8 heteroatoms. The quantitative estimate of drug-likeness (QED) is 0.483. The van der Waals surface area contributed by atoms with Crippen LogP contribution in [0.2, 0.25) is 0 Å². The van der Waals surface area contributed by atoms with Gasteiger partial charge in [-0.3, -0.25) is 9.59 Å². The molecule has 0 aliphatic heterocycles. The minimum Gasteiger partial charge on any atom is -0.323 e. The SMILES string of the molecule is Cc1nc(-c2ccc(F)cc2)sc1C(=O)Nc1ccc(F)c(NC(=O)C2CCCCC2)c1. The van der Waals surface area contributed by atoms with Gasteiger partial charge in [0.2, 0.25) is 5.91 Å². The topological polar surface area (TPSA) is 71.1 Å². The first-order chi connectivity index (χ1) is 15.4. The lowest BCUT2D eigenvalue weighted by molar-refractivity contribution is -0.120. The fraction of sp³-hybridized carbons (Fsp3) is 0.292. The third-order valence-electron chi connectivity index (χ3n) is 5.55. The van der Waals surface area contributed by atoms with Crippen molar-refractivity contribution in [2.24, 2.45) is 5.92 Å². The predicted octanol–water partition coefficient (Wildman–Crippen LogP) is 6.17. The summed E-state index contributed by atoms with van der Waals surface area (Å²) in [7, 11) is 0. The highest BCUT2D eigenvalue weighted by Gasteiger charge is 2.22. The average Bonchev–Trinajstić information content (AvgIpc) is 3.19. The van der Waals surface area contributed by atoms with Crippen molar-refractivity contribution in [3.05, 3.63) is 64.7 Å². The van der Waals surface area contributed by atoms with Crippen LogP contribution < -0.4 is 10.6 Å². The molecule has 5 nitrogen and oxygen atoms in total. The van der Waals surface area contributed by atoms with Crippen molar-refractivity contribution < 1.29 is 18.4 Å². The number of hydrogen-bond acceptors (Lipinski definition) is 4. The Kier molecular flexibility index (Phi) is 6.60. The zero-order valence-electron chi connectivity index (χ0n) is 17.6. The Morgan fingerprint density at radius 3 is 2.44 bits per heavy atom. The summed E-state index contributed by atoms with van der Waals surface area (Å²) in [4.78, 5) is 30.1. The van der Waals surface area contributed by atoms with Gasteiger partial charge in [-0.15, -0.1) is 11.3 Å². The van der Waals surface area contributed by atoms with E-state index in [4.69, 9.17) is 0 Å². The Morgan fingerprint density at radius 2 is 1.72 bits per heavy atom. The molecule has 0 bridgehead atoms. The predicted molar refractivity (Wildman–Crippen MR) is 122 cm³/mol. The number of anilines is 2. The molecule has 4 rings (SSSR count). The van der Waals surface area contributed by atoms with Crippen LogP contribution in [0.25, 0.3) is 10.6 Å². The van der Waals surface area contributed by atoms with Crippen LogP contribution in [0.15, 0.2) is 42.5 Å². The Balaban J connectivity index is 1.48. The van der Waals surface area contributed by atoms with Crippen molar-refractivity contribution in [2.45, 2.75) is 39.0 Å². The van der Waals surface area contributed by atoms with E-state index in [-0.39, 0.29) is 29.2 Å². The van der Waals surface area contributed by atoms with E-state index >= 15 is 0 Å². The number of benzene rings is 2. The Morgan fingerprint density at radius 1 is 1.00 bits per heavy atom. The number of amides is 2. The molecule has 1 aliphatic carbocycles. The molecule has 0 unspecified atom stereocenters. The maximum Gasteiger partial charge on any atom is 0.267 e. The third kappa shape index (κ3) is 5.02. The van der Waals surface area contributed by atoms with Crippen molar-refractivity contribution in [1.29, 1.82) is 0 Å². The van der Waals surface area contributed by atoms with E-state index in [9.17, 15) is 18.4 Å². The molecule has 1 saturated carbocycles. The van der Waals surface area contributed by atoms with E-state index in [0.29, 0.717) is 26.8 Å². The Bertz CT molecular complexity index is 1140. The average molecular weight is 456 g/mol. The van der Waals surface area contributed by atoms with Gasteiger partial charge in [0.15, 0.2) is 0 Å². The van der Waals surface area contributed by atoms with Gasteiger partial charge in [0.05, 0.1) is 11.4 Å². The number of nitrogens with zero attached hydrogens (tertiary/aromatic N) is 1. The van der Waals surface area contributed by atoms with Gasteiger partial charge in [-0.25, -0.2) is 13.8 Å². The lowest BCUT2D eigenvalue weighted by Gasteiger charge is -2.21. The third-order valence-corrected chi connectivity index (χ3v) is 6.76. The van der Waals surface area contributed by atoms with Crippen LogP contribution in [0.1, 0.15) is 47.5 Å². The maximum atomic E-state index is 14.3. The van der Waals surface area contributed by atoms with Crippen molar-refractivity contribution in [3.63, 3.8) is 0 Å². The number of rotatable bonds is 5. The van der Waals surface area contributed by atoms with Crippen LogP contribution in [-0.2, 0) is 4.79 Å². The molecule has 2 aromatic carbocycles. The number of thiazole rings is 1. The van der Waals surface area contributed by atoms with Crippen molar-refractivity contribution in [1.82, 2.24) is 4.98 Å². The van der Waals surface area contributed by atoms with Crippen molar-refractivity contribution >= 4 is 34.5 Å². The second-order valence-corrected chi connectivity index (χ2v) is 8.91. The van der Waals surface area contributed by atoms with Gasteiger partial charge < -0.3 is 10.6 Å². The number of aryl methyl sites for hydroxylation is 1. The zero-order chi connectivity index (χ0) is 22.7. The lowest BCUT2D eigenvalue weighted by Crippen LogP contribution is -2.25. The van der Waals surface area contributed by atoms with Gasteiger partial charge in [-0.1, -0.05) is 19.3 Å².